The molecular weight excluding hydrogens is 362 g/mol. The molecule has 0 aliphatic rings. The second kappa shape index (κ2) is 8.95. The first-order chi connectivity index (χ1) is 13.0. The summed E-state index contributed by atoms with van der Waals surface area (Å²) in [6.45, 7) is 5.31. The Morgan fingerprint density at radius 2 is 2.11 bits per heavy atom. The van der Waals surface area contributed by atoms with Gasteiger partial charge in [-0.05, 0) is 43.0 Å². The number of amides is 1. The molecule has 0 saturated carbocycles. The largest absolute Gasteiger partial charge is 0.313 e. The smallest absolute Gasteiger partial charge is 0.225 e. The Hall–Kier alpha value is -2.47. The van der Waals surface area contributed by atoms with Gasteiger partial charge in [-0.1, -0.05) is 25.4 Å². The van der Waals surface area contributed by atoms with Crippen LogP contribution >= 0.6 is 11.6 Å². The molecule has 0 atom stereocenters. The first-order valence-electron chi connectivity index (χ1n) is 9.24. The van der Waals surface area contributed by atoms with Crippen LogP contribution in [0.1, 0.15) is 38.9 Å². The summed E-state index contributed by atoms with van der Waals surface area (Å²) in [5.41, 5.74) is 1.83. The average molecular weight is 386 g/mol. The molecule has 27 heavy (non-hydrogen) atoms. The van der Waals surface area contributed by atoms with Gasteiger partial charge in [-0.3, -0.25) is 4.79 Å². The third kappa shape index (κ3) is 5.26. The average Bonchev–Trinajstić information content (AvgIpc) is 2.99. The number of hydrogen-bond acceptors (Lipinski definition) is 4. The van der Waals surface area contributed by atoms with Crippen LogP contribution in [0.25, 0.3) is 11.2 Å². The van der Waals surface area contributed by atoms with Crippen molar-refractivity contribution in [1.82, 2.24) is 19.5 Å². The fraction of sp³-hybridized carbons (Fsp3) is 0.400. The van der Waals surface area contributed by atoms with E-state index in [1.807, 2.05) is 12.1 Å². The number of nitrogens with zero attached hydrogens (tertiary/aromatic N) is 4. The van der Waals surface area contributed by atoms with Gasteiger partial charge in [0.2, 0.25) is 5.91 Å². The molecule has 7 heteroatoms. The van der Waals surface area contributed by atoms with E-state index in [-0.39, 0.29) is 5.91 Å². The molecule has 0 spiro atoms. The van der Waals surface area contributed by atoms with Gasteiger partial charge in [0.15, 0.2) is 5.65 Å². The van der Waals surface area contributed by atoms with Crippen LogP contribution in [0.2, 0.25) is 5.02 Å². The second-order valence-corrected chi connectivity index (χ2v) is 7.41. The van der Waals surface area contributed by atoms with Crippen LogP contribution in [0.15, 0.2) is 36.7 Å². The van der Waals surface area contributed by atoms with E-state index in [4.69, 9.17) is 16.6 Å². The fourth-order valence-electron chi connectivity index (χ4n) is 2.88. The summed E-state index contributed by atoms with van der Waals surface area (Å²) < 4.78 is 2.19. The molecular formula is C20H24ClN5O. The number of nitrogens with one attached hydrogen (secondary N) is 1. The summed E-state index contributed by atoms with van der Waals surface area (Å²) in [7, 11) is 0. The maximum absolute atomic E-state index is 12.1. The van der Waals surface area contributed by atoms with E-state index in [9.17, 15) is 4.79 Å². The number of rotatable bonds is 8. The molecule has 0 unspecified atom stereocenters. The van der Waals surface area contributed by atoms with Crippen molar-refractivity contribution in [1.29, 1.82) is 0 Å². The monoisotopic (exact) mass is 385 g/mol. The van der Waals surface area contributed by atoms with Crippen LogP contribution in [0, 0.1) is 5.92 Å². The Kier molecular flexibility index (Phi) is 6.40. The first kappa shape index (κ1) is 19.3. The lowest BCUT2D eigenvalue weighted by atomic mass is 10.1. The Balaban J connectivity index is 1.61. The number of carbonyl (C=O) groups is 1. The summed E-state index contributed by atoms with van der Waals surface area (Å²) in [6, 6.07) is 7.28. The van der Waals surface area contributed by atoms with Crippen LogP contribution in [-0.4, -0.2) is 25.4 Å². The minimum atomic E-state index is -0.0622. The van der Waals surface area contributed by atoms with E-state index in [0.29, 0.717) is 29.6 Å². The Morgan fingerprint density at radius 1 is 1.26 bits per heavy atom. The van der Waals surface area contributed by atoms with Crippen molar-refractivity contribution < 1.29 is 4.79 Å². The van der Waals surface area contributed by atoms with E-state index in [1.54, 1.807) is 18.3 Å². The SMILES string of the molecule is CC(C)CCn1c(CCCC(=O)Nc2ccc(Cl)cn2)nc2cccnc21. The van der Waals surface area contributed by atoms with E-state index < -0.39 is 0 Å². The summed E-state index contributed by atoms with van der Waals surface area (Å²) >= 11 is 5.80. The highest BCUT2D eigenvalue weighted by Crippen LogP contribution is 2.18. The van der Waals surface area contributed by atoms with Gasteiger partial charge in [-0.15, -0.1) is 0 Å². The lowest BCUT2D eigenvalue weighted by Crippen LogP contribution is -2.13. The molecule has 0 radical (unpaired) electrons. The molecule has 3 aromatic heterocycles. The van der Waals surface area contributed by atoms with Gasteiger partial charge in [0.1, 0.15) is 17.2 Å². The molecule has 0 fully saturated rings. The minimum Gasteiger partial charge on any atom is -0.313 e. The third-order valence-corrected chi connectivity index (χ3v) is 4.54. The number of imidazole rings is 1. The zero-order valence-corrected chi connectivity index (χ0v) is 16.4. The quantitative estimate of drug-likeness (QED) is 0.620. The molecule has 3 rings (SSSR count). The minimum absolute atomic E-state index is 0.0622. The van der Waals surface area contributed by atoms with Crippen molar-refractivity contribution in [2.24, 2.45) is 5.92 Å². The van der Waals surface area contributed by atoms with Crippen LogP contribution in [-0.2, 0) is 17.8 Å². The maximum atomic E-state index is 12.1. The maximum Gasteiger partial charge on any atom is 0.225 e. The molecule has 0 aliphatic carbocycles. The number of halogens is 1. The molecule has 3 heterocycles. The normalized spacial score (nSPS) is 11.3. The number of pyridine rings is 2. The summed E-state index contributed by atoms with van der Waals surface area (Å²) in [5.74, 6) is 2.05. The van der Waals surface area contributed by atoms with Gasteiger partial charge in [-0.25, -0.2) is 15.0 Å². The Labute approximate surface area is 164 Å². The molecule has 3 aromatic rings. The first-order valence-corrected chi connectivity index (χ1v) is 9.62. The predicted octanol–water partition coefficient (Wildman–Crippen LogP) is 4.49. The van der Waals surface area contributed by atoms with Crippen LogP contribution in [0.3, 0.4) is 0 Å². The molecule has 6 nitrogen and oxygen atoms in total. The number of carbonyl (C=O) groups excluding carboxylic acids is 1. The molecule has 142 valence electrons. The molecule has 0 aliphatic heterocycles. The van der Waals surface area contributed by atoms with Gasteiger partial charge < -0.3 is 9.88 Å². The number of aromatic nitrogens is 4. The lowest BCUT2D eigenvalue weighted by Gasteiger charge is -2.10. The number of fused-ring (bicyclic) bond motifs is 1. The van der Waals surface area contributed by atoms with Crippen LogP contribution in [0.5, 0.6) is 0 Å². The Morgan fingerprint density at radius 3 is 2.85 bits per heavy atom. The van der Waals surface area contributed by atoms with Gasteiger partial charge in [0.25, 0.3) is 0 Å². The molecule has 1 amide bonds. The van der Waals surface area contributed by atoms with Gasteiger partial charge in [-0.2, -0.15) is 0 Å². The number of anilines is 1. The zero-order valence-electron chi connectivity index (χ0n) is 15.7. The highest BCUT2D eigenvalue weighted by Gasteiger charge is 2.13. The highest BCUT2D eigenvalue weighted by atomic mass is 35.5. The number of aryl methyl sites for hydroxylation is 2. The zero-order chi connectivity index (χ0) is 19.2. The van der Waals surface area contributed by atoms with Crippen LogP contribution < -0.4 is 5.32 Å². The van der Waals surface area contributed by atoms with E-state index in [1.165, 1.54) is 6.20 Å². The molecule has 0 saturated heterocycles. The molecule has 0 bridgehead atoms. The van der Waals surface area contributed by atoms with Gasteiger partial charge in [0.05, 0.1) is 5.02 Å². The summed E-state index contributed by atoms with van der Waals surface area (Å²) in [4.78, 5) is 25.4. The van der Waals surface area contributed by atoms with Crippen molar-refractivity contribution in [3.05, 3.63) is 47.5 Å². The topological polar surface area (TPSA) is 72.7 Å². The lowest BCUT2D eigenvalue weighted by molar-refractivity contribution is -0.116. The van der Waals surface area contributed by atoms with Crippen molar-refractivity contribution in [3.63, 3.8) is 0 Å². The summed E-state index contributed by atoms with van der Waals surface area (Å²) in [6.07, 6.45) is 6.23. The summed E-state index contributed by atoms with van der Waals surface area (Å²) in [5, 5.41) is 3.33. The second-order valence-electron chi connectivity index (χ2n) is 6.97. The van der Waals surface area contributed by atoms with Gasteiger partial charge in [0, 0.05) is 31.8 Å². The van der Waals surface area contributed by atoms with E-state index in [0.717, 1.165) is 36.4 Å². The molecule has 1 N–H and O–H groups in total. The van der Waals surface area contributed by atoms with Crippen molar-refractivity contribution in [2.75, 3.05) is 5.32 Å². The van der Waals surface area contributed by atoms with Crippen molar-refractivity contribution >= 4 is 34.5 Å². The van der Waals surface area contributed by atoms with Crippen LogP contribution in [0.4, 0.5) is 5.82 Å². The van der Waals surface area contributed by atoms with Crippen molar-refractivity contribution in [2.45, 2.75) is 46.1 Å². The number of hydrogen-bond donors (Lipinski definition) is 1. The van der Waals surface area contributed by atoms with Gasteiger partial charge >= 0.3 is 0 Å². The van der Waals surface area contributed by atoms with E-state index in [2.05, 4.69) is 33.7 Å². The fourth-order valence-corrected chi connectivity index (χ4v) is 2.99. The third-order valence-electron chi connectivity index (χ3n) is 4.31. The van der Waals surface area contributed by atoms with Crippen molar-refractivity contribution in [3.8, 4) is 0 Å². The predicted molar refractivity (Wildman–Crippen MR) is 108 cm³/mol. The Bertz CT molecular complexity index is 904. The standard InChI is InChI=1S/C20H24ClN5O/c1-14(2)10-12-26-18(24-16-5-4-11-22-20(16)26)6-3-7-19(27)25-17-9-8-15(21)13-23-17/h4-5,8-9,11,13-14H,3,6-7,10,12H2,1-2H3,(H,23,25,27). The van der Waals surface area contributed by atoms with E-state index >= 15 is 0 Å². The highest BCUT2D eigenvalue weighted by molar-refractivity contribution is 6.30. The molecule has 0 aromatic carbocycles.